The van der Waals surface area contributed by atoms with Crippen molar-refractivity contribution in [2.24, 2.45) is 0 Å². The highest BCUT2D eigenvalue weighted by atomic mass is 35.5. The van der Waals surface area contributed by atoms with Crippen molar-refractivity contribution in [1.82, 2.24) is 14.8 Å². The minimum Gasteiger partial charge on any atom is -0.325 e. The van der Waals surface area contributed by atoms with Gasteiger partial charge in [0, 0.05) is 11.9 Å². The summed E-state index contributed by atoms with van der Waals surface area (Å²) < 4.78 is 1.76. The zero-order chi connectivity index (χ0) is 20.1. The summed E-state index contributed by atoms with van der Waals surface area (Å²) in [5, 5.41) is 14.7. The molecule has 3 rings (SSSR count). The van der Waals surface area contributed by atoms with Gasteiger partial charge >= 0.3 is 0 Å². The molecule has 3 aromatic rings. The highest BCUT2D eigenvalue weighted by Crippen LogP contribution is 2.25. The number of nitrogens with zero attached hydrogens (tertiary/aromatic N) is 3. The molecule has 28 heavy (non-hydrogen) atoms. The van der Waals surface area contributed by atoms with Gasteiger partial charge in [-0.3, -0.25) is 14.2 Å². The number of anilines is 2. The van der Waals surface area contributed by atoms with E-state index in [2.05, 4.69) is 20.8 Å². The predicted octanol–water partition coefficient (Wildman–Crippen LogP) is 3.92. The van der Waals surface area contributed by atoms with Crippen molar-refractivity contribution >= 4 is 46.6 Å². The number of nitrogens with one attached hydrogen (secondary N) is 2. The van der Waals surface area contributed by atoms with Crippen LogP contribution in [0.1, 0.15) is 12.5 Å². The monoisotopic (exact) mass is 415 g/mol. The van der Waals surface area contributed by atoms with Gasteiger partial charge in [0.1, 0.15) is 6.33 Å². The number of thioether (sulfide) groups is 1. The Morgan fingerprint density at radius 1 is 1.14 bits per heavy atom. The fourth-order valence-corrected chi connectivity index (χ4v) is 3.42. The summed E-state index contributed by atoms with van der Waals surface area (Å²) in [5.41, 5.74) is 2.89. The van der Waals surface area contributed by atoms with Crippen molar-refractivity contribution in [3.63, 3.8) is 0 Å². The Labute approximate surface area is 171 Å². The first-order chi connectivity index (χ1) is 13.4. The van der Waals surface area contributed by atoms with Crippen molar-refractivity contribution in [2.75, 3.05) is 16.4 Å². The second-order valence-electron chi connectivity index (χ2n) is 6.03. The lowest BCUT2D eigenvalue weighted by Gasteiger charge is -2.12. The minimum absolute atomic E-state index is 0.132. The van der Waals surface area contributed by atoms with Crippen LogP contribution in [0.4, 0.5) is 11.4 Å². The molecule has 0 aliphatic rings. The normalized spacial score (nSPS) is 10.5. The molecular weight excluding hydrogens is 398 g/mol. The van der Waals surface area contributed by atoms with Gasteiger partial charge in [0.05, 0.1) is 22.8 Å². The smallest absolute Gasteiger partial charge is 0.234 e. The zero-order valence-electron chi connectivity index (χ0n) is 15.3. The number of rotatable bonds is 6. The van der Waals surface area contributed by atoms with Crippen LogP contribution in [0.5, 0.6) is 0 Å². The first kappa shape index (κ1) is 19.9. The number of carbonyl (C=O) groups is 2. The van der Waals surface area contributed by atoms with Gasteiger partial charge in [0.25, 0.3) is 0 Å². The molecule has 0 unspecified atom stereocenters. The Morgan fingerprint density at radius 2 is 1.96 bits per heavy atom. The summed E-state index contributed by atoms with van der Waals surface area (Å²) in [5.74, 6) is -0.293. The fraction of sp³-hybridized carbons (Fsp3) is 0.158. The first-order valence-electron chi connectivity index (χ1n) is 8.39. The number of hydrogen-bond donors (Lipinski definition) is 2. The quantitative estimate of drug-likeness (QED) is 0.595. The third-order valence-corrected chi connectivity index (χ3v) is 4.87. The van der Waals surface area contributed by atoms with Crippen molar-refractivity contribution in [2.45, 2.75) is 19.0 Å². The van der Waals surface area contributed by atoms with Crippen molar-refractivity contribution in [1.29, 1.82) is 0 Å². The van der Waals surface area contributed by atoms with Gasteiger partial charge < -0.3 is 10.6 Å². The van der Waals surface area contributed by atoms with Gasteiger partial charge in [-0.15, -0.1) is 10.2 Å². The van der Waals surface area contributed by atoms with E-state index in [1.165, 1.54) is 18.7 Å². The maximum Gasteiger partial charge on any atom is 0.234 e. The van der Waals surface area contributed by atoms with Crippen LogP contribution >= 0.6 is 23.4 Å². The van der Waals surface area contributed by atoms with Crippen molar-refractivity contribution in [3.05, 3.63) is 59.4 Å². The molecule has 0 saturated carbocycles. The molecule has 144 valence electrons. The van der Waals surface area contributed by atoms with E-state index >= 15 is 0 Å². The van der Waals surface area contributed by atoms with Crippen LogP contribution < -0.4 is 10.6 Å². The molecule has 0 bridgehead atoms. The van der Waals surface area contributed by atoms with Crippen LogP contribution in [0.3, 0.4) is 0 Å². The van der Waals surface area contributed by atoms with Gasteiger partial charge in [0.15, 0.2) is 5.16 Å². The topological polar surface area (TPSA) is 88.9 Å². The van der Waals surface area contributed by atoms with E-state index in [1.54, 1.807) is 29.1 Å². The molecule has 2 aromatic carbocycles. The molecule has 2 N–H and O–H groups in total. The molecule has 0 radical (unpaired) electrons. The molecule has 2 amide bonds. The zero-order valence-corrected chi connectivity index (χ0v) is 16.8. The molecule has 9 heteroatoms. The molecule has 7 nitrogen and oxygen atoms in total. The highest BCUT2D eigenvalue weighted by molar-refractivity contribution is 7.99. The van der Waals surface area contributed by atoms with Crippen LogP contribution in [-0.2, 0) is 9.59 Å². The van der Waals surface area contributed by atoms with E-state index in [-0.39, 0.29) is 17.6 Å². The van der Waals surface area contributed by atoms with Gasteiger partial charge in [-0.1, -0.05) is 35.5 Å². The predicted molar refractivity (Wildman–Crippen MR) is 111 cm³/mol. The van der Waals surface area contributed by atoms with Crippen LogP contribution in [0.15, 0.2) is 53.9 Å². The summed E-state index contributed by atoms with van der Waals surface area (Å²) in [6.07, 6.45) is 1.57. The van der Waals surface area contributed by atoms with Crippen LogP contribution in [0.2, 0.25) is 5.02 Å². The van der Waals surface area contributed by atoms with Gasteiger partial charge in [0.2, 0.25) is 11.8 Å². The molecule has 0 atom stereocenters. The second kappa shape index (κ2) is 8.90. The summed E-state index contributed by atoms with van der Waals surface area (Å²) in [6, 6.07) is 12.7. The average molecular weight is 416 g/mol. The Morgan fingerprint density at radius 3 is 2.71 bits per heavy atom. The SMILES string of the molecule is CC(=O)Nc1ccc(C)cc1NC(=O)CSc1nncn1-c1cccc(Cl)c1. The van der Waals surface area contributed by atoms with Crippen molar-refractivity contribution < 1.29 is 9.59 Å². The first-order valence-corrected chi connectivity index (χ1v) is 9.75. The van der Waals surface area contributed by atoms with Crippen LogP contribution in [0, 0.1) is 6.92 Å². The number of halogens is 1. The average Bonchev–Trinajstić information content (AvgIpc) is 3.10. The largest absolute Gasteiger partial charge is 0.325 e. The van der Waals surface area contributed by atoms with E-state index in [4.69, 9.17) is 11.6 Å². The Kier molecular flexibility index (Phi) is 6.33. The number of aromatic nitrogens is 3. The molecule has 0 spiro atoms. The summed E-state index contributed by atoms with van der Waals surface area (Å²) in [4.78, 5) is 23.8. The molecule has 0 saturated heterocycles. The van der Waals surface area contributed by atoms with Gasteiger partial charge in [-0.2, -0.15) is 0 Å². The summed E-state index contributed by atoms with van der Waals surface area (Å²) >= 11 is 7.29. The van der Waals surface area contributed by atoms with Crippen LogP contribution in [-0.4, -0.2) is 32.3 Å². The maximum atomic E-state index is 12.4. The molecule has 0 fully saturated rings. The van der Waals surface area contributed by atoms with Crippen molar-refractivity contribution in [3.8, 4) is 5.69 Å². The Bertz CT molecular complexity index is 1020. The van der Waals surface area contributed by atoms with Gasteiger partial charge in [-0.25, -0.2) is 0 Å². The highest BCUT2D eigenvalue weighted by Gasteiger charge is 2.13. The van der Waals surface area contributed by atoms with E-state index in [9.17, 15) is 9.59 Å². The number of carbonyl (C=O) groups excluding carboxylic acids is 2. The summed E-state index contributed by atoms with van der Waals surface area (Å²) in [6.45, 7) is 3.33. The third kappa shape index (κ3) is 5.11. The molecular formula is C19H18ClN5O2S. The lowest BCUT2D eigenvalue weighted by atomic mass is 10.2. The third-order valence-electron chi connectivity index (χ3n) is 3.70. The lowest BCUT2D eigenvalue weighted by Crippen LogP contribution is -2.17. The second-order valence-corrected chi connectivity index (χ2v) is 7.41. The maximum absolute atomic E-state index is 12.4. The number of benzene rings is 2. The molecule has 1 aromatic heterocycles. The van der Waals surface area contributed by atoms with E-state index in [0.29, 0.717) is 21.6 Å². The lowest BCUT2D eigenvalue weighted by molar-refractivity contribution is -0.115. The van der Waals surface area contributed by atoms with E-state index in [0.717, 1.165) is 11.3 Å². The standard InChI is InChI=1S/C19H18ClN5O2S/c1-12-6-7-16(22-13(2)26)17(8-12)23-18(27)10-28-19-24-21-11-25(19)15-5-3-4-14(20)9-15/h3-9,11H,10H2,1-2H3,(H,22,26)(H,23,27). The molecule has 0 aliphatic heterocycles. The van der Waals surface area contributed by atoms with E-state index in [1.807, 2.05) is 31.2 Å². The fourth-order valence-electron chi connectivity index (χ4n) is 2.50. The minimum atomic E-state index is -0.220. The Balaban J connectivity index is 1.69. The number of amides is 2. The van der Waals surface area contributed by atoms with E-state index < -0.39 is 0 Å². The number of hydrogen-bond acceptors (Lipinski definition) is 5. The molecule has 0 aliphatic carbocycles. The van der Waals surface area contributed by atoms with Crippen LogP contribution in [0.25, 0.3) is 5.69 Å². The number of aryl methyl sites for hydroxylation is 1. The van der Waals surface area contributed by atoms with Gasteiger partial charge in [-0.05, 0) is 42.8 Å². The molecule has 1 heterocycles. The Hall–Kier alpha value is -2.84. The summed E-state index contributed by atoms with van der Waals surface area (Å²) in [7, 11) is 0.